The van der Waals surface area contributed by atoms with Crippen molar-refractivity contribution in [3.05, 3.63) is 46.8 Å². The normalized spacial score (nSPS) is 17.1. The molecule has 2 aliphatic rings. The first-order chi connectivity index (χ1) is 16.6. The van der Waals surface area contributed by atoms with E-state index in [-0.39, 0.29) is 5.91 Å². The Morgan fingerprint density at radius 2 is 1.76 bits per heavy atom. The van der Waals surface area contributed by atoms with Crippen LogP contribution in [-0.2, 0) is 16.0 Å². The van der Waals surface area contributed by atoms with Gasteiger partial charge in [0.1, 0.15) is 11.4 Å². The van der Waals surface area contributed by atoms with Gasteiger partial charge in [-0.1, -0.05) is 12.1 Å². The molecule has 2 saturated heterocycles. The minimum Gasteiger partial charge on any atom is -0.497 e. The molecule has 0 atom stereocenters. The Hall–Kier alpha value is -2.55. The van der Waals surface area contributed by atoms with Crippen LogP contribution in [0.1, 0.15) is 33.7 Å². The average molecular weight is 471 g/mol. The number of methoxy groups -OCH3 is 1. The number of benzene rings is 1. The summed E-state index contributed by atoms with van der Waals surface area (Å²) in [4.78, 5) is 18.2. The minimum atomic E-state index is -0.00927. The van der Waals surface area contributed by atoms with Crippen molar-refractivity contribution in [3.8, 4) is 5.75 Å². The third-order valence-electron chi connectivity index (χ3n) is 6.79. The van der Waals surface area contributed by atoms with Crippen molar-refractivity contribution >= 4 is 11.6 Å². The molecule has 2 fully saturated rings. The molecule has 1 aromatic heterocycles. The van der Waals surface area contributed by atoms with Gasteiger partial charge >= 0.3 is 0 Å². The van der Waals surface area contributed by atoms with Crippen molar-refractivity contribution in [3.63, 3.8) is 0 Å². The van der Waals surface area contributed by atoms with Crippen LogP contribution in [0.5, 0.6) is 5.75 Å². The monoisotopic (exact) mass is 470 g/mol. The van der Waals surface area contributed by atoms with E-state index in [0.717, 1.165) is 86.3 Å². The van der Waals surface area contributed by atoms with Crippen LogP contribution in [0.3, 0.4) is 0 Å². The maximum Gasteiger partial charge on any atom is 0.268 e. The summed E-state index contributed by atoms with van der Waals surface area (Å²) in [6.07, 6.45) is 0.927. The van der Waals surface area contributed by atoms with Gasteiger partial charge < -0.3 is 29.0 Å². The molecular weight excluding hydrogens is 432 g/mol. The number of hydrogen-bond acceptors (Lipinski definition) is 6. The highest BCUT2D eigenvalue weighted by Crippen LogP contribution is 2.32. The maximum atomic E-state index is 13.5. The highest BCUT2D eigenvalue weighted by atomic mass is 16.5. The lowest BCUT2D eigenvalue weighted by molar-refractivity contribution is 0.0374. The van der Waals surface area contributed by atoms with Gasteiger partial charge in [-0.2, -0.15) is 0 Å². The molecule has 0 saturated carbocycles. The van der Waals surface area contributed by atoms with Crippen LogP contribution in [0, 0.1) is 13.8 Å². The Bertz CT molecular complexity index is 962. The van der Waals surface area contributed by atoms with E-state index >= 15 is 0 Å². The summed E-state index contributed by atoms with van der Waals surface area (Å²) in [5.74, 6) is 0.812. The zero-order valence-corrected chi connectivity index (χ0v) is 20.8. The van der Waals surface area contributed by atoms with Crippen molar-refractivity contribution in [2.45, 2.75) is 26.8 Å². The van der Waals surface area contributed by atoms with Gasteiger partial charge in [-0.25, -0.2) is 0 Å². The summed E-state index contributed by atoms with van der Waals surface area (Å²) in [5, 5.41) is 3.19. The van der Waals surface area contributed by atoms with Crippen molar-refractivity contribution in [1.29, 1.82) is 0 Å². The van der Waals surface area contributed by atoms with Gasteiger partial charge in [0.15, 0.2) is 0 Å². The van der Waals surface area contributed by atoms with Crippen molar-refractivity contribution < 1.29 is 19.0 Å². The molecule has 0 radical (unpaired) electrons. The summed E-state index contributed by atoms with van der Waals surface area (Å²) in [5.41, 5.74) is 5.15. The van der Waals surface area contributed by atoms with E-state index in [2.05, 4.69) is 39.6 Å². The molecular formula is C26H38N4O4. The highest BCUT2D eigenvalue weighted by molar-refractivity contribution is 5.96. The maximum absolute atomic E-state index is 13.5. The zero-order chi connectivity index (χ0) is 23.9. The molecule has 1 aromatic carbocycles. The molecule has 2 aromatic rings. The van der Waals surface area contributed by atoms with Gasteiger partial charge in [0.25, 0.3) is 5.91 Å². The van der Waals surface area contributed by atoms with E-state index in [1.165, 1.54) is 0 Å². The van der Waals surface area contributed by atoms with Crippen LogP contribution in [0.15, 0.2) is 24.3 Å². The van der Waals surface area contributed by atoms with Crippen LogP contribution in [0.4, 0.5) is 5.69 Å². The average Bonchev–Trinajstić information content (AvgIpc) is 3.12. The molecule has 8 heteroatoms. The summed E-state index contributed by atoms with van der Waals surface area (Å²) < 4.78 is 18.6. The SMILES string of the molecule is COc1cccc(Cn2c(C)c(N3CCOCC3)c(C)c2C(=O)NCCCN2CCOCC2)c1. The Labute approximate surface area is 202 Å². The van der Waals surface area contributed by atoms with Gasteiger partial charge in [0.2, 0.25) is 0 Å². The molecule has 4 rings (SSSR count). The Morgan fingerprint density at radius 3 is 2.47 bits per heavy atom. The van der Waals surface area contributed by atoms with Crippen molar-refractivity contribution in [2.75, 3.05) is 77.7 Å². The predicted molar refractivity (Wildman–Crippen MR) is 133 cm³/mol. The fourth-order valence-electron chi connectivity index (χ4n) is 4.99. The number of ether oxygens (including phenoxy) is 3. The smallest absolute Gasteiger partial charge is 0.268 e. The van der Waals surface area contributed by atoms with Crippen LogP contribution in [0.2, 0.25) is 0 Å². The minimum absolute atomic E-state index is 0.00927. The highest BCUT2D eigenvalue weighted by Gasteiger charge is 2.27. The van der Waals surface area contributed by atoms with Gasteiger partial charge in [-0.15, -0.1) is 0 Å². The van der Waals surface area contributed by atoms with E-state index in [9.17, 15) is 4.79 Å². The number of aromatic nitrogens is 1. The fraction of sp³-hybridized carbons (Fsp3) is 0.577. The second-order valence-corrected chi connectivity index (χ2v) is 9.01. The standard InChI is InChI=1S/C26H38N4O4/c1-20-24(29-12-16-34-17-13-29)21(2)30(19-22-6-4-7-23(18-22)32-3)25(20)26(31)27-8-5-9-28-10-14-33-15-11-28/h4,6-7,18H,5,8-17,19H2,1-3H3,(H,27,31). The second kappa shape index (κ2) is 11.7. The molecule has 1 N–H and O–H groups in total. The van der Waals surface area contributed by atoms with Crippen LogP contribution in [0.25, 0.3) is 0 Å². The number of hydrogen-bond donors (Lipinski definition) is 1. The lowest BCUT2D eigenvalue weighted by atomic mass is 10.1. The summed E-state index contributed by atoms with van der Waals surface area (Å²) in [6, 6.07) is 8.05. The number of morpholine rings is 2. The van der Waals surface area contributed by atoms with Crippen LogP contribution in [-0.4, -0.2) is 88.2 Å². The first kappa shape index (κ1) is 24.6. The van der Waals surface area contributed by atoms with Gasteiger partial charge in [-0.05, 0) is 44.5 Å². The number of amides is 1. The Kier molecular flexibility index (Phi) is 8.48. The number of anilines is 1. The lowest BCUT2D eigenvalue weighted by Crippen LogP contribution is -2.38. The molecule has 0 spiro atoms. The second-order valence-electron chi connectivity index (χ2n) is 9.01. The van der Waals surface area contributed by atoms with E-state index in [4.69, 9.17) is 14.2 Å². The molecule has 2 aliphatic heterocycles. The topological polar surface area (TPSA) is 68.2 Å². The molecule has 34 heavy (non-hydrogen) atoms. The third kappa shape index (κ3) is 5.74. The first-order valence-electron chi connectivity index (χ1n) is 12.3. The van der Waals surface area contributed by atoms with Gasteiger partial charge in [0, 0.05) is 50.5 Å². The fourth-order valence-corrected chi connectivity index (χ4v) is 4.99. The molecule has 8 nitrogen and oxygen atoms in total. The Balaban J connectivity index is 1.53. The van der Waals surface area contributed by atoms with E-state index in [0.29, 0.717) is 26.3 Å². The van der Waals surface area contributed by atoms with E-state index in [1.807, 2.05) is 18.2 Å². The predicted octanol–water partition coefficient (Wildman–Crippen LogP) is 2.45. The summed E-state index contributed by atoms with van der Waals surface area (Å²) in [6.45, 7) is 13.1. The van der Waals surface area contributed by atoms with Crippen LogP contribution < -0.4 is 15.0 Å². The van der Waals surface area contributed by atoms with E-state index in [1.54, 1.807) is 7.11 Å². The zero-order valence-electron chi connectivity index (χ0n) is 20.8. The number of nitrogens with zero attached hydrogens (tertiary/aromatic N) is 3. The molecule has 1 amide bonds. The summed E-state index contributed by atoms with van der Waals surface area (Å²) in [7, 11) is 1.68. The summed E-state index contributed by atoms with van der Waals surface area (Å²) >= 11 is 0. The number of carbonyl (C=O) groups excluding carboxylic acids is 1. The largest absolute Gasteiger partial charge is 0.497 e. The van der Waals surface area contributed by atoms with E-state index < -0.39 is 0 Å². The van der Waals surface area contributed by atoms with Gasteiger partial charge in [0.05, 0.1) is 39.2 Å². The Morgan fingerprint density at radius 1 is 1.06 bits per heavy atom. The van der Waals surface area contributed by atoms with Crippen LogP contribution >= 0.6 is 0 Å². The quantitative estimate of drug-likeness (QED) is 0.568. The molecule has 0 aliphatic carbocycles. The first-order valence-corrected chi connectivity index (χ1v) is 12.3. The number of carbonyl (C=O) groups is 1. The molecule has 3 heterocycles. The molecule has 0 unspecified atom stereocenters. The lowest BCUT2D eigenvalue weighted by Gasteiger charge is -2.29. The molecule has 186 valence electrons. The number of nitrogens with one attached hydrogen (secondary N) is 1. The van der Waals surface area contributed by atoms with Crippen molar-refractivity contribution in [1.82, 2.24) is 14.8 Å². The third-order valence-corrected chi connectivity index (χ3v) is 6.79. The number of rotatable bonds is 9. The molecule has 0 bridgehead atoms. The van der Waals surface area contributed by atoms with Crippen molar-refractivity contribution in [2.24, 2.45) is 0 Å². The van der Waals surface area contributed by atoms with Gasteiger partial charge in [-0.3, -0.25) is 9.69 Å².